The molecular formula is C14H18N2O3. The summed E-state index contributed by atoms with van der Waals surface area (Å²) >= 11 is 0. The molecule has 0 aliphatic rings. The minimum Gasteiger partial charge on any atom is -0.489 e. The molecule has 2 aromatic heterocycles. The van der Waals surface area contributed by atoms with Gasteiger partial charge in [0.15, 0.2) is 5.78 Å². The van der Waals surface area contributed by atoms with Crippen LogP contribution in [-0.2, 0) is 0 Å². The van der Waals surface area contributed by atoms with Crippen molar-refractivity contribution in [2.45, 2.75) is 26.9 Å². The van der Waals surface area contributed by atoms with Crippen molar-refractivity contribution in [2.75, 3.05) is 6.61 Å². The SMILES string of the molecule is CC(C)C(=O)c1cnn2cc(OC[C@@H](C)O)ccc12. The number of fused-ring (bicyclic) bond motifs is 1. The highest BCUT2D eigenvalue weighted by atomic mass is 16.5. The first-order chi connectivity index (χ1) is 8.99. The fourth-order valence-electron chi connectivity index (χ4n) is 1.77. The number of pyridine rings is 1. The van der Waals surface area contributed by atoms with Gasteiger partial charge in [-0.3, -0.25) is 4.79 Å². The van der Waals surface area contributed by atoms with E-state index in [0.717, 1.165) is 5.52 Å². The molecular weight excluding hydrogens is 244 g/mol. The Morgan fingerprint density at radius 2 is 2.16 bits per heavy atom. The normalized spacial score (nSPS) is 12.9. The maximum Gasteiger partial charge on any atom is 0.169 e. The minimum absolute atomic E-state index is 0.0563. The third-order valence-corrected chi connectivity index (χ3v) is 2.77. The highest BCUT2D eigenvalue weighted by Gasteiger charge is 2.16. The summed E-state index contributed by atoms with van der Waals surface area (Å²) in [6, 6.07) is 3.58. The Balaban J connectivity index is 2.29. The minimum atomic E-state index is -0.522. The Labute approximate surface area is 111 Å². The van der Waals surface area contributed by atoms with Crippen LogP contribution >= 0.6 is 0 Å². The molecule has 0 saturated heterocycles. The second-order valence-electron chi connectivity index (χ2n) is 4.93. The van der Waals surface area contributed by atoms with E-state index in [1.54, 1.807) is 36.0 Å². The number of carbonyl (C=O) groups is 1. The van der Waals surface area contributed by atoms with Crippen LogP contribution in [0.25, 0.3) is 5.52 Å². The molecule has 0 unspecified atom stereocenters. The number of ether oxygens (including phenoxy) is 1. The molecule has 5 nitrogen and oxygen atoms in total. The number of hydrogen-bond acceptors (Lipinski definition) is 4. The number of hydrogen-bond donors (Lipinski definition) is 1. The summed E-state index contributed by atoms with van der Waals surface area (Å²) in [5, 5.41) is 13.3. The van der Waals surface area contributed by atoms with Gasteiger partial charge in [-0.25, -0.2) is 4.52 Å². The number of aliphatic hydroxyl groups is 1. The molecule has 0 amide bonds. The van der Waals surface area contributed by atoms with Gasteiger partial charge < -0.3 is 9.84 Å². The van der Waals surface area contributed by atoms with Gasteiger partial charge in [0.25, 0.3) is 0 Å². The largest absolute Gasteiger partial charge is 0.489 e. The van der Waals surface area contributed by atoms with Gasteiger partial charge in [0, 0.05) is 5.92 Å². The molecule has 0 aromatic carbocycles. The number of aromatic nitrogens is 2. The summed E-state index contributed by atoms with van der Waals surface area (Å²) in [6.07, 6.45) is 2.76. The molecule has 2 rings (SSSR count). The summed E-state index contributed by atoms with van der Waals surface area (Å²) in [5.74, 6) is 0.631. The zero-order valence-corrected chi connectivity index (χ0v) is 11.3. The molecule has 0 aliphatic carbocycles. The van der Waals surface area contributed by atoms with Crippen molar-refractivity contribution in [1.29, 1.82) is 0 Å². The Morgan fingerprint density at radius 1 is 1.42 bits per heavy atom. The van der Waals surface area contributed by atoms with Crippen LogP contribution in [0, 0.1) is 5.92 Å². The van der Waals surface area contributed by atoms with Gasteiger partial charge >= 0.3 is 0 Å². The lowest BCUT2D eigenvalue weighted by molar-refractivity contribution is 0.0941. The van der Waals surface area contributed by atoms with E-state index < -0.39 is 6.10 Å². The predicted molar refractivity (Wildman–Crippen MR) is 71.5 cm³/mol. The molecule has 0 radical (unpaired) electrons. The summed E-state index contributed by atoms with van der Waals surface area (Å²) in [6.45, 7) is 5.62. The van der Waals surface area contributed by atoms with Gasteiger partial charge in [0.05, 0.1) is 29.6 Å². The van der Waals surface area contributed by atoms with Crippen LogP contribution in [0.2, 0.25) is 0 Å². The first-order valence-electron chi connectivity index (χ1n) is 6.31. The zero-order valence-electron chi connectivity index (χ0n) is 11.3. The number of nitrogens with zero attached hydrogens (tertiary/aromatic N) is 2. The topological polar surface area (TPSA) is 63.8 Å². The fraction of sp³-hybridized carbons (Fsp3) is 0.429. The molecule has 0 fully saturated rings. The van der Waals surface area contributed by atoms with E-state index in [9.17, 15) is 9.90 Å². The Morgan fingerprint density at radius 3 is 2.79 bits per heavy atom. The van der Waals surface area contributed by atoms with Gasteiger partial charge in [-0.1, -0.05) is 13.8 Å². The van der Waals surface area contributed by atoms with E-state index >= 15 is 0 Å². The molecule has 1 N–H and O–H groups in total. The summed E-state index contributed by atoms with van der Waals surface area (Å²) in [7, 11) is 0. The molecule has 0 bridgehead atoms. The van der Waals surface area contributed by atoms with Crippen LogP contribution in [0.4, 0.5) is 0 Å². The van der Waals surface area contributed by atoms with E-state index in [1.807, 2.05) is 13.8 Å². The Bertz CT molecular complexity index is 587. The van der Waals surface area contributed by atoms with Crippen LogP contribution in [0.3, 0.4) is 0 Å². The van der Waals surface area contributed by atoms with Crippen molar-refractivity contribution >= 4 is 11.3 Å². The Kier molecular flexibility index (Phi) is 3.85. The van der Waals surface area contributed by atoms with Gasteiger partial charge in [-0.15, -0.1) is 0 Å². The van der Waals surface area contributed by atoms with E-state index in [2.05, 4.69) is 5.10 Å². The van der Waals surface area contributed by atoms with E-state index in [4.69, 9.17) is 4.74 Å². The molecule has 0 spiro atoms. The van der Waals surface area contributed by atoms with Crippen LogP contribution in [0.15, 0.2) is 24.5 Å². The lowest BCUT2D eigenvalue weighted by Gasteiger charge is -2.08. The summed E-state index contributed by atoms with van der Waals surface area (Å²) < 4.78 is 7.01. The third kappa shape index (κ3) is 2.93. The van der Waals surface area contributed by atoms with Crippen LogP contribution in [0.1, 0.15) is 31.1 Å². The smallest absolute Gasteiger partial charge is 0.169 e. The quantitative estimate of drug-likeness (QED) is 0.836. The number of rotatable bonds is 5. The van der Waals surface area contributed by atoms with Crippen molar-refractivity contribution in [2.24, 2.45) is 5.92 Å². The van der Waals surface area contributed by atoms with Gasteiger partial charge in [-0.2, -0.15) is 5.10 Å². The van der Waals surface area contributed by atoms with Crippen LogP contribution in [0.5, 0.6) is 5.75 Å². The number of Topliss-reactive ketones (excluding diaryl/α,β-unsaturated/α-hetero) is 1. The summed E-state index contributed by atoms with van der Waals surface area (Å²) in [4.78, 5) is 12.0. The van der Waals surface area contributed by atoms with E-state index in [1.165, 1.54) is 0 Å². The Hall–Kier alpha value is -1.88. The maximum absolute atomic E-state index is 12.0. The van der Waals surface area contributed by atoms with Crippen molar-refractivity contribution in [3.05, 3.63) is 30.1 Å². The molecule has 19 heavy (non-hydrogen) atoms. The van der Waals surface area contributed by atoms with Gasteiger partial charge in [0.2, 0.25) is 0 Å². The lowest BCUT2D eigenvalue weighted by atomic mass is 10.0. The van der Waals surface area contributed by atoms with Crippen LogP contribution in [-0.4, -0.2) is 33.2 Å². The van der Waals surface area contributed by atoms with Crippen LogP contribution < -0.4 is 4.74 Å². The highest BCUT2D eigenvalue weighted by Crippen LogP contribution is 2.19. The van der Waals surface area contributed by atoms with Gasteiger partial charge in [0.1, 0.15) is 12.4 Å². The molecule has 1 atom stereocenters. The van der Waals surface area contributed by atoms with E-state index in [0.29, 0.717) is 11.3 Å². The molecule has 2 aromatic rings. The van der Waals surface area contributed by atoms with Gasteiger partial charge in [-0.05, 0) is 19.1 Å². The first kappa shape index (κ1) is 13.5. The number of carbonyl (C=O) groups excluding carboxylic acids is 1. The molecule has 2 heterocycles. The monoisotopic (exact) mass is 262 g/mol. The number of aliphatic hydroxyl groups excluding tert-OH is 1. The van der Waals surface area contributed by atoms with Crippen molar-refractivity contribution in [1.82, 2.24) is 9.61 Å². The van der Waals surface area contributed by atoms with Crippen molar-refractivity contribution in [3.63, 3.8) is 0 Å². The molecule has 102 valence electrons. The standard InChI is InChI=1S/C14H18N2O3/c1-9(2)14(18)12-6-15-16-7-11(4-5-13(12)16)19-8-10(3)17/h4-7,9-10,17H,8H2,1-3H3/t10-/m1/s1. The first-order valence-corrected chi connectivity index (χ1v) is 6.31. The number of ketones is 1. The van der Waals surface area contributed by atoms with Crippen molar-refractivity contribution < 1.29 is 14.6 Å². The molecule has 0 saturated carbocycles. The fourth-order valence-corrected chi connectivity index (χ4v) is 1.77. The van der Waals surface area contributed by atoms with E-state index in [-0.39, 0.29) is 18.3 Å². The average Bonchev–Trinajstić information content (AvgIpc) is 2.78. The average molecular weight is 262 g/mol. The molecule has 5 heteroatoms. The second-order valence-corrected chi connectivity index (χ2v) is 4.93. The molecule has 0 aliphatic heterocycles. The zero-order chi connectivity index (χ0) is 14.0. The highest BCUT2D eigenvalue weighted by molar-refractivity contribution is 6.03. The third-order valence-electron chi connectivity index (χ3n) is 2.77. The second kappa shape index (κ2) is 5.40. The van der Waals surface area contributed by atoms with Crippen molar-refractivity contribution in [3.8, 4) is 5.75 Å². The lowest BCUT2D eigenvalue weighted by Crippen LogP contribution is -2.13. The summed E-state index contributed by atoms with van der Waals surface area (Å²) in [5.41, 5.74) is 1.39. The maximum atomic E-state index is 12.0. The predicted octanol–water partition coefficient (Wildman–Crippen LogP) is 1.93.